The Morgan fingerprint density at radius 2 is 2.43 bits per heavy atom. The largest absolute Gasteiger partial charge is 0.299 e. The predicted molar refractivity (Wildman–Crippen MR) is 57.7 cm³/mol. The Bertz CT molecular complexity index is 284. The molecule has 0 amide bonds. The van der Waals surface area contributed by atoms with E-state index in [9.17, 15) is 0 Å². The lowest BCUT2D eigenvalue weighted by Gasteiger charge is -2.17. The van der Waals surface area contributed by atoms with E-state index >= 15 is 0 Å². The van der Waals surface area contributed by atoms with Crippen molar-refractivity contribution >= 4 is 0 Å². The lowest BCUT2D eigenvalue weighted by Crippen LogP contribution is -2.37. The molecule has 0 saturated carbocycles. The average molecular weight is 191 g/mol. The summed E-state index contributed by atoms with van der Waals surface area (Å²) in [5, 5.41) is 7.50. The Hall–Kier alpha value is -1.27. The Labute approximate surface area is 85.5 Å². The molecular formula is C11H17N3. The molecule has 3 nitrogen and oxygen atoms in total. The van der Waals surface area contributed by atoms with Gasteiger partial charge in [0, 0.05) is 18.4 Å². The van der Waals surface area contributed by atoms with E-state index in [0.29, 0.717) is 6.04 Å². The SMILES string of the molecule is C#CC(CC)NC(C)Cn1cccn1. The first-order valence-corrected chi connectivity index (χ1v) is 4.95. The molecule has 2 unspecified atom stereocenters. The van der Waals surface area contributed by atoms with Crippen molar-refractivity contribution < 1.29 is 0 Å². The van der Waals surface area contributed by atoms with Crippen molar-refractivity contribution in [2.75, 3.05) is 0 Å². The van der Waals surface area contributed by atoms with Crippen LogP contribution < -0.4 is 5.32 Å². The molecule has 0 fully saturated rings. The number of rotatable bonds is 5. The van der Waals surface area contributed by atoms with Crippen LogP contribution in [0.2, 0.25) is 0 Å². The van der Waals surface area contributed by atoms with E-state index in [-0.39, 0.29) is 6.04 Å². The lowest BCUT2D eigenvalue weighted by molar-refractivity contribution is 0.424. The molecule has 0 saturated heterocycles. The van der Waals surface area contributed by atoms with Crippen molar-refractivity contribution in [2.24, 2.45) is 0 Å². The Balaban J connectivity index is 2.36. The summed E-state index contributed by atoms with van der Waals surface area (Å²) < 4.78 is 1.90. The summed E-state index contributed by atoms with van der Waals surface area (Å²) in [5.41, 5.74) is 0. The van der Waals surface area contributed by atoms with Crippen LogP contribution in [0, 0.1) is 12.3 Å². The number of terminal acetylenes is 1. The fraction of sp³-hybridized carbons (Fsp3) is 0.545. The van der Waals surface area contributed by atoms with Crippen LogP contribution in [0.3, 0.4) is 0 Å². The number of hydrogen-bond acceptors (Lipinski definition) is 2. The van der Waals surface area contributed by atoms with Gasteiger partial charge in [-0.15, -0.1) is 6.42 Å². The molecule has 0 spiro atoms. The third-order valence-electron chi connectivity index (χ3n) is 2.12. The predicted octanol–water partition coefficient (Wildman–Crippen LogP) is 1.27. The van der Waals surface area contributed by atoms with Gasteiger partial charge in [-0.25, -0.2) is 0 Å². The van der Waals surface area contributed by atoms with Gasteiger partial charge in [-0.2, -0.15) is 5.10 Å². The van der Waals surface area contributed by atoms with Gasteiger partial charge >= 0.3 is 0 Å². The van der Waals surface area contributed by atoms with Crippen LogP contribution in [-0.4, -0.2) is 21.9 Å². The molecule has 3 heteroatoms. The van der Waals surface area contributed by atoms with Gasteiger partial charge in [0.15, 0.2) is 0 Å². The van der Waals surface area contributed by atoms with E-state index in [0.717, 1.165) is 13.0 Å². The van der Waals surface area contributed by atoms with Gasteiger partial charge in [0.25, 0.3) is 0 Å². The first-order valence-electron chi connectivity index (χ1n) is 4.95. The molecule has 1 aromatic rings. The van der Waals surface area contributed by atoms with Crippen LogP contribution in [-0.2, 0) is 6.54 Å². The topological polar surface area (TPSA) is 29.9 Å². The Morgan fingerprint density at radius 1 is 1.64 bits per heavy atom. The second-order valence-electron chi connectivity index (χ2n) is 3.42. The van der Waals surface area contributed by atoms with Crippen LogP contribution in [0.15, 0.2) is 18.5 Å². The molecule has 0 bridgehead atoms. The molecule has 1 heterocycles. The zero-order chi connectivity index (χ0) is 10.4. The van der Waals surface area contributed by atoms with Gasteiger partial charge < -0.3 is 0 Å². The molecule has 2 atom stereocenters. The molecular weight excluding hydrogens is 174 g/mol. The number of nitrogens with zero attached hydrogens (tertiary/aromatic N) is 2. The van der Waals surface area contributed by atoms with Crippen molar-refractivity contribution in [2.45, 2.75) is 38.9 Å². The van der Waals surface area contributed by atoms with Crippen molar-refractivity contribution in [3.63, 3.8) is 0 Å². The highest BCUT2D eigenvalue weighted by Gasteiger charge is 2.07. The second kappa shape index (κ2) is 5.46. The van der Waals surface area contributed by atoms with Crippen molar-refractivity contribution in [3.8, 4) is 12.3 Å². The third-order valence-corrected chi connectivity index (χ3v) is 2.12. The maximum absolute atomic E-state index is 5.37. The summed E-state index contributed by atoms with van der Waals surface area (Å²) in [5.74, 6) is 2.72. The standard InChI is InChI=1S/C11H17N3/c1-4-11(5-2)13-10(3)9-14-8-6-7-12-14/h1,6-8,10-11,13H,5,9H2,2-3H3. The van der Waals surface area contributed by atoms with Crippen molar-refractivity contribution in [1.29, 1.82) is 0 Å². The number of nitrogens with one attached hydrogen (secondary N) is 1. The number of aromatic nitrogens is 2. The van der Waals surface area contributed by atoms with E-state index in [2.05, 4.69) is 30.2 Å². The molecule has 0 aliphatic carbocycles. The van der Waals surface area contributed by atoms with Crippen molar-refractivity contribution in [1.82, 2.24) is 15.1 Å². The molecule has 0 aliphatic rings. The smallest absolute Gasteiger partial charge is 0.0686 e. The minimum Gasteiger partial charge on any atom is -0.299 e. The molecule has 14 heavy (non-hydrogen) atoms. The Kier molecular flexibility index (Phi) is 4.21. The summed E-state index contributed by atoms with van der Waals surface area (Å²) >= 11 is 0. The molecule has 1 aromatic heterocycles. The van der Waals surface area contributed by atoms with Gasteiger partial charge in [0.1, 0.15) is 0 Å². The summed E-state index contributed by atoms with van der Waals surface area (Å²) in [6.45, 7) is 5.05. The third kappa shape index (κ3) is 3.23. The van der Waals surface area contributed by atoms with E-state index in [1.54, 1.807) is 6.20 Å². The first-order chi connectivity index (χ1) is 6.76. The van der Waals surface area contributed by atoms with Crippen LogP contribution in [0.5, 0.6) is 0 Å². The molecule has 76 valence electrons. The van der Waals surface area contributed by atoms with Crippen molar-refractivity contribution in [3.05, 3.63) is 18.5 Å². The summed E-state index contributed by atoms with van der Waals surface area (Å²) in [6.07, 6.45) is 10.1. The van der Waals surface area contributed by atoms with Gasteiger partial charge in [0.05, 0.1) is 12.6 Å². The monoisotopic (exact) mass is 191 g/mol. The van der Waals surface area contributed by atoms with Gasteiger partial charge in [-0.05, 0) is 19.4 Å². The van der Waals surface area contributed by atoms with E-state index < -0.39 is 0 Å². The Morgan fingerprint density at radius 3 is 2.93 bits per heavy atom. The molecule has 0 radical (unpaired) electrons. The fourth-order valence-electron chi connectivity index (χ4n) is 1.37. The normalized spacial score (nSPS) is 14.6. The van der Waals surface area contributed by atoms with Crippen LogP contribution in [0.25, 0.3) is 0 Å². The second-order valence-corrected chi connectivity index (χ2v) is 3.42. The van der Waals surface area contributed by atoms with E-state index in [1.165, 1.54) is 0 Å². The summed E-state index contributed by atoms with van der Waals surface area (Å²) in [7, 11) is 0. The first kappa shape index (κ1) is 10.8. The fourth-order valence-corrected chi connectivity index (χ4v) is 1.37. The highest BCUT2D eigenvalue weighted by Crippen LogP contribution is 1.95. The van der Waals surface area contributed by atoms with Crippen LogP contribution in [0.4, 0.5) is 0 Å². The summed E-state index contributed by atoms with van der Waals surface area (Å²) in [4.78, 5) is 0. The minimum atomic E-state index is 0.167. The van der Waals surface area contributed by atoms with Gasteiger partial charge in [-0.3, -0.25) is 10.00 Å². The lowest BCUT2D eigenvalue weighted by atomic mass is 10.2. The quantitative estimate of drug-likeness (QED) is 0.710. The highest BCUT2D eigenvalue weighted by molar-refractivity contribution is 4.98. The highest BCUT2D eigenvalue weighted by atomic mass is 15.3. The average Bonchev–Trinajstić information content (AvgIpc) is 2.66. The molecule has 1 N–H and O–H groups in total. The zero-order valence-corrected chi connectivity index (χ0v) is 8.77. The maximum atomic E-state index is 5.37. The molecule has 1 rings (SSSR count). The maximum Gasteiger partial charge on any atom is 0.0686 e. The zero-order valence-electron chi connectivity index (χ0n) is 8.77. The van der Waals surface area contributed by atoms with Crippen LogP contribution in [0.1, 0.15) is 20.3 Å². The van der Waals surface area contributed by atoms with E-state index in [4.69, 9.17) is 6.42 Å². The van der Waals surface area contributed by atoms with Crippen LogP contribution >= 0.6 is 0 Å². The number of hydrogen-bond donors (Lipinski definition) is 1. The molecule has 0 aromatic carbocycles. The summed E-state index contributed by atoms with van der Waals surface area (Å²) in [6, 6.07) is 2.43. The molecule has 0 aliphatic heterocycles. The van der Waals surface area contributed by atoms with Gasteiger partial charge in [0.2, 0.25) is 0 Å². The van der Waals surface area contributed by atoms with Gasteiger partial charge in [-0.1, -0.05) is 12.8 Å². The van der Waals surface area contributed by atoms with E-state index in [1.807, 2.05) is 16.9 Å². The minimum absolute atomic E-state index is 0.167.